The average Bonchev–Trinajstić information content (AvgIpc) is 2.50. The van der Waals surface area contributed by atoms with Crippen molar-refractivity contribution in [3.8, 4) is 5.75 Å². The second kappa shape index (κ2) is 8.03. The van der Waals surface area contributed by atoms with Gasteiger partial charge in [0.2, 0.25) is 15.9 Å². The molecule has 0 fully saturated rings. The van der Waals surface area contributed by atoms with E-state index in [4.69, 9.17) is 4.74 Å². The fraction of sp³-hybridized carbons (Fsp3) is 0.533. The zero-order valence-corrected chi connectivity index (χ0v) is 14.3. The van der Waals surface area contributed by atoms with Crippen LogP contribution in [0.2, 0.25) is 0 Å². The third-order valence-corrected chi connectivity index (χ3v) is 4.80. The molecule has 0 aliphatic heterocycles. The van der Waals surface area contributed by atoms with Crippen LogP contribution in [-0.2, 0) is 14.8 Å². The van der Waals surface area contributed by atoms with Crippen LogP contribution >= 0.6 is 0 Å². The summed E-state index contributed by atoms with van der Waals surface area (Å²) in [4.78, 5) is 12.0. The summed E-state index contributed by atoms with van der Waals surface area (Å²) in [5, 5.41) is 2.73. The molecule has 1 aromatic carbocycles. The summed E-state index contributed by atoms with van der Waals surface area (Å²) in [5.41, 5.74) is 0.447. The number of ether oxygens (including phenoxy) is 1. The molecule has 0 aliphatic carbocycles. The van der Waals surface area contributed by atoms with E-state index in [0.29, 0.717) is 23.9 Å². The van der Waals surface area contributed by atoms with Crippen LogP contribution in [0, 0.1) is 5.92 Å². The van der Waals surface area contributed by atoms with Crippen LogP contribution < -0.4 is 14.4 Å². The largest absolute Gasteiger partial charge is 0.497 e. The van der Waals surface area contributed by atoms with Gasteiger partial charge in [-0.2, -0.15) is 0 Å². The van der Waals surface area contributed by atoms with Gasteiger partial charge in [0.05, 0.1) is 18.6 Å². The Bertz CT molecular complexity index is 582. The van der Waals surface area contributed by atoms with Crippen LogP contribution in [0.15, 0.2) is 24.3 Å². The molecule has 1 amide bonds. The topological polar surface area (TPSA) is 75.7 Å². The average molecular weight is 328 g/mol. The van der Waals surface area contributed by atoms with E-state index in [1.54, 1.807) is 31.2 Å². The molecule has 1 N–H and O–H groups in total. The molecule has 124 valence electrons. The minimum absolute atomic E-state index is 0.0729. The van der Waals surface area contributed by atoms with Crippen molar-refractivity contribution in [2.24, 2.45) is 5.92 Å². The van der Waals surface area contributed by atoms with Gasteiger partial charge in [-0.05, 0) is 37.1 Å². The zero-order valence-electron chi connectivity index (χ0n) is 13.5. The fourth-order valence-corrected chi connectivity index (χ4v) is 2.83. The van der Waals surface area contributed by atoms with Gasteiger partial charge in [0, 0.05) is 6.54 Å². The van der Waals surface area contributed by atoms with Crippen molar-refractivity contribution in [2.75, 3.05) is 30.3 Å². The molecule has 1 aromatic rings. The van der Waals surface area contributed by atoms with E-state index >= 15 is 0 Å². The van der Waals surface area contributed by atoms with E-state index in [2.05, 4.69) is 5.32 Å². The molecule has 0 bridgehead atoms. The Hall–Kier alpha value is -1.76. The highest BCUT2D eigenvalue weighted by atomic mass is 32.2. The Kier molecular flexibility index (Phi) is 6.67. The monoisotopic (exact) mass is 328 g/mol. The second-order valence-electron chi connectivity index (χ2n) is 5.30. The van der Waals surface area contributed by atoms with Crippen molar-refractivity contribution in [1.82, 2.24) is 5.32 Å². The number of nitrogens with zero attached hydrogens (tertiary/aromatic N) is 1. The van der Waals surface area contributed by atoms with Gasteiger partial charge in [0.25, 0.3) is 0 Å². The minimum Gasteiger partial charge on any atom is -0.497 e. The number of hydrogen-bond donors (Lipinski definition) is 1. The number of amides is 1. The Morgan fingerprint density at radius 1 is 1.27 bits per heavy atom. The molecule has 6 nitrogen and oxygen atoms in total. The van der Waals surface area contributed by atoms with Crippen molar-refractivity contribution in [3.63, 3.8) is 0 Å². The van der Waals surface area contributed by atoms with Crippen LogP contribution in [0.1, 0.15) is 20.8 Å². The summed E-state index contributed by atoms with van der Waals surface area (Å²) < 4.78 is 30.7. The molecule has 0 heterocycles. The number of carbonyl (C=O) groups excluding carboxylic acids is 1. The lowest BCUT2D eigenvalue weighted by molar-refractivity contribution is -0.119. The summed E-state index contributed by atoms with van der Waals surface area (Å²) in [6.45, 7) is 5.79. The number of benzene rings is 1. The lowest BCUT2D eigenvalue weighted by atomic mass is 10.2. The van der Waals surface area contributed by atoms with Crippen LogP contribution in [0.3, 0.4) is 0 Å². The molecule has 0 saturated carbocycles. The maximum Gasteiger partial charge on any atom is 0.240 e. The van der Waals surface area contributed by atoms with E-state index < -0.39 is 10.0 Å². The Morgan fingerprint density at radius 2 is 1.86 bits per heavy atom. The summed E-state index contributed by atoms with van der Waals surface area (Å²) >= 11 is 0. The molecule has 22 heavy (non-hydrogen) atoms. The van der Waals surface area contributed by atoms with Crippen LogP contribution in [0.4, 0.5) is 5.69 Å². The molecule has 0 atom stereocenters. The third-order valence-electron chi connectivity index (χ3n) is 3.06. The predicted octanol–water partition coefficient (Wildman–Crippen LogP) is 1.62. The molecule has 0 spiro atoms. The summed E-state index contributed by atoms with van der Waals surface area (Å²) in [7, 11) is -2.00. The first-order valence-electron chi connectivity index (χ1n) is 7.21. The number of carbonyl (C=O) groups is 1. The minimum atomic E-state index is -3.53. The first kappa shape index (κ1) is 18.3. The van der Waals surface area contributed by atoms with E-state index in [-0.39, 0.29) is 18.2 Å². The SMILES string of the molecule is CCS(=O)(=O)N(CC(=O)NCC(C)C)c1ccc(OC)cc1. The van der Waals surface area contributed by atoms with Crippen molar-refractivity contribution >= 4 is 21.6 Å². The number of rotatable bonds is 8. The molecule has 0 aliphatic rings. The van der Waals surface area contributed by atoms with Crippen molar-refractivity contribution in [2.45, 2.75) is 20.8 Å². The molecular formula is C15H24N2O4S. The number of hydrogen-bond acceptors (Lipinski definition) is 4. The molecule has 0 unspecified atom stereocenters. The van der Waals surface area contributed by atoms with Gasteiger partial charge < -0.3 is 10.1 Å². The van der Waals surface area contributed by atoms with Crippen molar-refractivity contribution < 1.29 is 17.9 Å². The highest BCUT2D eigenvalue weighted by Crippen LogP contribution is 2.21. The van der Waals surface area contributed by atoms with Crippen LogP contribution in [-0.4, -0.2) is 40.3 Å². The summed E-state index contributed by atoms with van der Waals surface area (Å²) in [5.74, 6) is 0.542. The van der Waals surface area contributed by atoms with Gasteiger partial charge in [-0.15, -0.1) is 0 Å². The quantitative estimate of drug-likeness (QED) is 0.787. The lowest BCUT2D eigenvalue weighted by Gasteiger charge is -2.23. The van der Waals surface area contributed by atoms with Gasteiger partial charge in [-0.25, -0.2) is 8.42 Å². The highest BCUT2D eigenvalue weighted by molar-refractivity contribution is 7.92. The van der Waals surface area contributed by atoms with Gasteiger partial charge in [-0.1, -0.05) is 13.8 Å². The first-order valence-corrected chi connectivity index (χ1v) is 8.82. The molecular weight excluding hydrogens is 304 g/mol. The second-order valence-corrected chi connectivity index (χ2v) is 7.49. The smallest absolute Gasteiger partial charge is 0.240 e. The first-order chi connectivity index (χ1) is 10.3. The predicted molar refractivity (Wildman–Crippen MR) is 87.6 cm³/mol. The van der Waals surface area contributed by atoms with Crippen molar-refractivity contribution in [1.29, 1.82) is 0 Å². The zero-order chi connectivity index (χ0) is 16.8. The highest BCUT2D eigenvalue weighted by Gasteiger charge is 2.23. The lowest BCUT2D eigenvalue weighted by Crippen LogP contribution is -2.42. The van der Waals surface area contributed by atoms with Crippen LogP contribution in [0.25, 0.3) is 0 Å². The Morgan fingerprint density at radius 3 is 2.32 bits per heavy atom. The number of nitrogens with one attached hydrogen (secondary N) is 1. The molecule has 0 saturated heterocycles. The van der Waals surface area contributed by atoms with Gasteiger partial charge in [0.15, 0.2) is 0 Å². The Labute approximate surface area is 132 Å². The molecule has 0 radical (unpaired) electrons. The molecule has 1 rings (SSSR count). The maximum absolute atomic E-state index is 12.2. The number of sulfonamides is 1. The van der Waals surface area contributed by atoms with Crippen LogP contribution in [0.5, 0.6) is 5.75 Å². The third kappa shape index (κ3) is 5.22. The normalized spacial score (nSPS) is 11.3. The summed E-state index contributed by atoms with van der Waals surface area (Å²) in [6, 6.07) is 6.59. The number of anilines is 1. The fourth-order valence-electron chi connectivity index (χ4n) is 1.76. The van der Waals surface area contributed by atoms with Gasteiger partial charge >= 0.3 is 0 Å². The van der Waals surface area contributed by atoms with Gasteiger partial charge in [0.1, 0.15) is 12.3 Å². The van der Waals surface area contributed by atoms with E-state index in [1.165, 1.54) is 7.11 Å². The number of methoxy groups -OCH3 is 1. The van der Waals surface area contributed by atoms with E-state index in [9.17, 15) is 13.2 Å². The molecule has 0 aromatic heterocycles. The summed E-state index contributed by atoms with van der Waals surface area (Å²) in [6.07, 6.45) is 0. The maximum atomic E-state index is 12.2. The Balaban J connectivity index is 2.96. The standard InChI is InChI=1S/C15H24N2O4S/c1-5-22(19,20)17(11-15(18)16-10-12(2)3)13-6-8-14(21-4)9-7-13/h6-9,12H,5,10-11H2,1-4H3,(H,16,18). The molecule has 7 heteroatoms. The van der Waals surface area contributed by atoms with E-state index in [0.717, 1.165) is 4.31 Å². The van der Waals surface area contributed by atoms with Crippen molar-refractivity contribution in [3.05, 3.63) is 24.3 Å². The van der Waals surface area contributed by atoms with E-state index in [1.807, 2.05) is 13.8 Å². The van der Waals surface area contributed by atoms with Gasteiger partial charge in [-0.3, -0.25) is 9.10 Å².